The van der Waals surface area contributed by atoms with Crippen molar-refractivity contribution in [3.8, 4) is 50.7 Å². The zero-order chi connectivity index (χ0) is 61.6. The van der Waals surface area contributed by atoms with E-state index < -0.39 is 0 Å². The van der Waals surface area contributed by atoms with Gasteiger partial charge in [0.25, 0.3) is 0 Å². The molecule has 0 fully saturated rings. The molecule has 0 amide bonds. The summed E-state index contributed by atoms with van der Waals surface area (Å²) in [7, 11) is 0. The van der Waals surface area contributed by atoms with Gasteiger partial charge in [0.1, 0.15) is 5.82 Å². The molecule has 0 unspecified atom stereocenters. The maximum atomic E-state index is 7.35. The SMILES string of the molecule is CC(C)c1cccc(C(C)C)c1-c1cc(Oc2[c-]c3c(cc2)c2c4sc5ccccc5c4ccc2n3-c2cc(C(C)(C)C)ccn2)[c-]c(N2[CH-]N(c3c(-c4c(C(C)C)cccc4C(C)C)cccc3-c3c(C(C)C)cccc3C(C)C)c3ccccc32)c1.[Pt]. The number of pyridine rings is 1. The fourth-order valence-electron chi connectivity index (χ4n) is 13.8. The first-order valence-corrected chi connectivity index (χ1v) is 32.7. The predicted octanol–water partition coefficient (Wildman–Crippen LogP) is 24.4. The van der Waals surface area contributed by atoms with E-state index in [2.05, 4.69) is 307 Å². The minimum Gasteiger partial charge on any atom is -0.509 e. The van der Waals surface area contributed by atoms with Crippen LogP contribution in [0.1, 0.15) is 178 Å². The summed E-state index contributed by atoms with van der Waals surface area (Å²) in [6, 6.07) is 71.1. The molecule has 9 aromatic carbocycles. The van der Waals surface area contributed by atoms with E-state index in [1.807, 2.05) is 17.5 Å². The molecule has 3 aromatic heterocycles. The Morgan fingerprint density at radius 2 is 1.00 bits per heavy atom. The first-order valence-electron chi connectivity index (χ1n) is 31.8. The minimum absolute atomic E-state index is 0. The van der Waals surface area contributed by atoms with Gasteiger partial charge in [0.05, 0.1) is 0 Å². The predicted molar refractivity (Wildman–Crippen MR) is 377 cm³/mol. The largest absolute Gasteiger partial charge is 0.509 e. The van der Waals surface area contributed by atoms with Gasteiger partial charge in [0.15, 0.2) is 0 Å². The van der Waals surface area contributed by atoms with Gasteiger partial charge in [-0.2, -0.15) is 6.07 Å². The molecule has 1 aliphatic rings. The zero-order valence-corrected chi connectivity index (χ0v) is 57.3. The van der Waals surface area contributed by atoms with Crippen molar-refractivity contribution in [2.75, 3.05) is 9.80 Å². The van der Waals surface area contributed by atoms with Gasteiger partial charge >= 0.3 is 0 Å². The summed E-state index contributed by atoms with van der Waals surface area (Å²) < 4.78 is 12.2. The van der Waals surface area contributed by atoms with Gasteiger partial charge < -0.3 is 19.1 Å². The maximum absolute atomic E-state index is 7.35. The van der Waals surface area contributed by atoms with Crippen molar-refractivity contribution in [3.63, 3.8) is 0 Å². The summed E-state index contributed by atoms with van der Waals surface area (Å²) in [5, 5.41) is 4.82. The molecule has 12 aromatic rings. The summed E-state index contributed by atoms with van der Waals surface area (Å²) in [5.41, 5.74) is 22.7. The Morgan fingerprint density at radius 3 is 1.56 bits per heavy atom. The van der Waals surface area contributed by atoms with Crippen LogP contribution in [-0.4, -0.2) is 9.55 Å². The number of hydrogen-bond acceptors (Lipinski definition) is 5. The molecule has 0 spiro atoms. The fraction of sp³-hybridized carbons (Fsp3) is 0.268. The first-order chi connectivity index (χ1) is 42.3. The van der Waals surface area contributed by atoms with Crippen molar-refractivity contribution in [2.45, 2.75) is 145 Å². The summed E-state index contributed by atoms with van der Waals surface area (Å²) in [6.45, 7) is 37.0. The molecule has 7 heteroatoms. The van der Waals surface area contributed by atoms with E-state index in [1.165, 1.54) is 92.3 Å². The number of benzene rings is 9. The maximum Gasteiger partial charge on any atom is 0.135 e. The molecule has 5 nitrogen and oxygen atoms in total. The molecule has 0 saturated heterocycles. The Balaban J connectivity index is 0.00000769. The Hall–Kier alpha value is -7.76. The summed E-state index contributed by atoms with van der Waals surface area (Å²) >= 11 is 1.85. The molecule has 0 saturated carbocycles. The van der Waals surface area contributed by atoms with E-state index in [4.69, 9.17) is 9.72 Å². The van der Waals surface area contributed by atoms with Crippen LogP contribution in [0.2, 0.25) is 0 Å². The number of aromatic nitrogens is 2. The van der Waals surface area contributed by atoms with Gasteiger partial charge in [-0.05, 0) is 138 Å². The fourth-order valence-corrected chi connectivity index (χ4v) is 15.0. The van der Waals surface area contributed by atoms with Gasteiger partial charge in [-0.15, -0.1) is 65.0 Å². The van der Waals surface area contributed by atoms with E-state index in [0.717, 1.165) is 50.6 Å². The molecule has 13 rings (SSSR count). The second kappa shape index (κ2) is 24.2. The molecular weight excluding hydrogens is 1280 g/mol. The van der Waals surface area contributed by atoms with Crippen LogP contribution in [0, 0.1) is 18.8 Å². The van der Waals surface area contributed by atoms with E-state index in [9.17, 15) is 0 Å². The number of hydrogen-bond donors (Lipinski definition) is 0. The second-order valence-corrected chi connectivity index (χ2v) is 28.2. The molecule has 4 heterocycles. The number of ether oxygens (including phenoxy) is 1. The molecule has 454 valence electrons. The molecule has 0 radical (unpaired) electrons. The van der Waals surface area contributed by atoms with Gasteiger partial charge in [0, 0.05) is 92.6 Å². The smallest absolute Gasteiger partial charge is 0.135 e. The molecule has 0 bridgehead atoms. The van der Waals surface area contributed by atoms with E-state index in [1.54, 1.807) is 0 Å². The van der Waals surface area contributed by atoms with Crippen LogP contribution in [-0.2, 0) is 26.5 Å². The molecule has 89 heavy (non-hydrogen) atoms. The van der Waals surface area contributed by atoms with Crippen molar-refractivity contribution < 1.29 is 25.8 Å². The average molecular weight is 1370 g/mol. The monoisotopic (exact) mass is 1360 g/mol. The topological polar surface area (TPSA) is 33.5 Å². The molecule has 1 aliphatic heterocycles. The summed E-state index contributed by atoms with van der Waals surface area (Å²) in [6.07, 6.45) is 1.95. The van der Waals surface area contributed by atoms with Crippen molar-refractivity contribution in [1.29, 1.82) is 0 Å². The van der Waals surface area contributed by atoms with Crippen LogP contribution in [0.3, 0.4) is 0 Å². The van der Waals surface area contributed by atoms with Crippen molar-refractivity contribution in [1.82, 2.24) is 9.55 Å². The van der Waals surface area contributed by atoms with Gasteiger partial charge in [0.2, 0.25) is 0 Å². The van der Waals surface area contributed by atoms with E-state index in [-0.39, 0.29) is 38.3 Å². The first kappa shape index (κ1) is 61.5. The standard InChI is InChI=1S/C82H81N4OS.Pt/c1-48(2)59-25-20-26-60(49(3)4)76(59)54-42-56(45-58(43-54)87-57-36-37-67-73(46-57)86(75-44-55(40-41-83-75)82(13,14)15)72-39-38-66-65-24-16-19-35-74(65)88-81(66)79(67)72)84-47-85(71-34-18-17-33-70(71)84)80-68(77-61(50(5)6)27-21-28-62(77)51(7)8)31-23-32-69(80)78-63(52(9)10)29-22-30-64(78)53(11)12;/h16-44,47-53H,1-15H3;/q-3;. The van der Waals surface area contributed by atoms with Crippen molar-refractivity contribution in [3.05, 3.63) is 234 Å². The Morgan fingerprint density at radius 1 is 0.483 bits per heavy atom. The van der Waals surface area contributed by atoms with E-state index >= 15 is 0 Å². The van der Waals surface area contributed by atoms with Gasteiger partial charge in [-0.25, -0.2) is 4.98 Å². The quantitative estimate of drug-likeness (QED) is 0.102. The molecule has 0 N–H and O–H groups in total. The average Bonchev–Trinajstić information content (AvgIpc) is 1.69. The Labute approximate surface area is 546 Å². The number of rotatable bonds is 14. The van der Waals surface area contributed by atoms with Gasteiger partial charge in [-0.1, -0.05) is 219 Å². The van der Waals surface area contributed by atoms with Crippen LogP contribution in [0.15, 0.2) is 176 Å². The van der Waals surface area contributed by atoms with Crippen molar-refractivity contribution >= 4 is 76.1 Å². The summed E-state index contributed by atoms with van der Waals surface area (Å²) in [4.78, 5) is 9.94. The number of anilines is 4. The van der Waals surface area contributed by atoms with Crippen LogP contribution in [0.25, 0.3) is 81.2 Å². The number of nitrogens with zero attached hydrogens (tertiary/aromatic N) is 4. The van der Waals surface area contributed by atoms with Crippen LogP contribution >= 0.6 is 11.3 Å². The number of fused-ring (bicyclic) bond motifs is 8. The minimum atomic E-state index is -0.0850. The zero-order valence-electron chi connectivity index (χ0n) is 54.2. The molecule has 0 atom stereocenters. The van der Waals surface area contributed by atoms with Crippen LogP contribution < -0.4 is 14.5 Å². The van der Waals surface area contributed by atoms with Crippen LogP contribution in [0.4, 0.5) is 22.7 Å². The Kier molecular flexibility index (Phi) is 16.7. The van der Waals surface area contributed by atoms with E-state index in [0.29, 0.717) is 35.2 Å². The third kappa shape index (κ3) is 10.9. The Bertz CT molecular complexity index is 4500. The normalized spacial score (nSPS) is 12.9. The molecular formula is C82H81N4OPtS-3. The number of para-hydroxylation sites is 3. The second-order valence-electron chi connectivity index (χ2n) is 27.1. The number of thiophene rings is 1. The third-order valence-electron chi connectivity index (χ3n) is 18.2. The third-order valence-corrected chi connectivity index (χ3v) is 19.4. The van der Waals surface area contributed by atoms with Crippen molar-refractivity contribution in [2.24, 2.45) is 0 Å². The van der Waals surface area contributed by atoms with Crippen LogP contribution in [0.5, 0.6) is 11.5 Å². The molecule has 0 aliphatic carbocycles. The van der Waals surface area contributed by atoms with Gasteiger partial charge in [-0.3, -0.25) is 0 Å². The summed E-state index contributed by atoms with van der Waals surface area (Å²) in [5.74, 6) is 3.74.